The van der Waals surface area contributed by atoms with Crippen molar-refractivity contribution < 1.29 is 13.9 Å². The number of hydrogen-bond acceptors (Lipinski definition) is 3. The molecule has 0 spiro atoms. The molecule has 1 aromatic rings. The first kappa shape index (κ1) is 16.3. The number of alkyl halides is 1. The fraction of sp³-hybridized carbons (Fsp3) is 0.643. The molecule has 0 fully saturated rings. The normalized spacial score (nSPS) is 10.3. The van der Waals surface area contributed by atoms with Gasteiger partial charge in [-0.05, 0) is 45.4 Å². The second-order valence-corrected chi connectivity index (χ2v) is 6.14. The molecule has 0 aliphatic carbocycles. The molecule has 0 radical (unpaired) electrons. The van der Waals surface area contributed by atoms with Gasteiger partial charge in [-0.25, -0.2) is 0 Å². The summed E-state index contributed by atoms with van der Waals surface area (Å²) in [7, 11) is -1.20. The van der Waals surface area contributed by atoms with Crippen molar-refractivity contribution in [2.75, 3.05) is 25.7 Å². The Balaban J connectivity index is 3.16. The van der Waals surface area contributed by atoms with Gasteiger partial charge in [-0.15, -0.1) is 11.6 Å². The van der Waals surface area contributed by atoms with Crippen LogP contribution in [0.4, 0.5) is 0 Å². The Morgan fingerprint density at radius 2 is 1.84 bits per heavy atom. The molecular formula is C14H23ClO3Si. The van der Waals surface area contributed by atoms with Crippen molar-refractivity contribution in [3.63, 3.8) is 0 Å². The lowest BCUT2D eigenvalue weighted by Crippen LogP contribution is -2.18. The van der Waals surface area contributed by atoms with Crippen LogP contribution in [0.25, 0.3) is 0 Å². The highest BCUT2D eigenvalue weighted by molar-refractivity contribution is 6.50. The number of ether oxygens (including phenoxy) is 2. The largest absolute Gasteiger partial charge is 0.546 e. The molecule has 0 aliphatic rings. The molecule has 1 rings (SSSR count). The fourth-order valence-electron chi connectivity index (χ4n) is 1.93. The highest BCUT2D eigenvalue weighted by atomic mass is 35.5. The van der Waals surface area contributed by atoms with Crippen molar-refractivity contribution in [1.29, 1.82) is 0 Å². The molecule has 0 unspecified atom stereocenters. The lowest BCUT2D eigenvalue weighted by atomic mass is 10.1. The van der Waals surface area contributed by atoms with Gasteiger partial charge >= 0.3 is 8.64 Å². The van der Waals surface area contributed by atoms with Crippen molar-refractivity contribution >= 4 is 20.2 Å². The minimum atomic E-state index is -1.20. The standard InChI is InChI=1S/C14H23ClO3Si/c1-4-16-13-9-11-19(18-6-3)14(17-5-2)12(13)8-7-10-15/h9,11H,4-8,10H2,1-3H3. The van der Waals surface area contributed by atoms with Gasteiger partial charge in [0, 0.05) is 11.4 Å². The van der Waals surface area contributed by atoms with Crippen LogP contribution in [0.5, 0.6) is 11.1 Å². The van der Waals surface area contributed by atoms with Gasteiger partial charge in [0.15, 0.2) is 0 Å². The van der Waals surface area contributed by atoms with Crippen LogP contribution < -0.4 is 13.9 Å². The number of halogens is 1. The van der Waals surface area contributed by atoms with Crippen LogP contribution in [0.3, 0.4) is 0 Å². The zero-order chi connectivity index (χ0) is 14.1. The Kier molecular flexibility index (Phi) is 7.90. The Morgan fingerprint density at radius 3 is 2.42 bits per heavy atom. The smallest absolute Gasteiger partial charge is 0.308 e. The van der Waals surface area contributed by atoms with Crippen molar-refractivity contribution in [3.8, 4) is 11.1 Å². The number of hydrogen-bond donors (Lipinski definition) is 0. The Hall–Kier alpha value is -0.743. The third kappa shape index (κ3) is 4.69. The van der Waals surface area contributed by atoms with E-state index in [0.717, 1.165) is 29.5 Å². The van der Waals surface area contributed by atoms with Gasteiger partial charge < -0.3 is 13.9 Å². The van der Waals surface area contributed by atoms with Crippen LogP contribution in [0.15, 0.2) is 11.7 Å². The van der Waals surface area contributed by atoms with E-state index in [2.05, 4.69) is 5.68 Å². The Bertz CT molecular complexity index is 385. The molecule has 0 N–H and O–H groups in total. The van der Waals surface area contributed by atoms with Crippen molar-refractivity contribution in [2.24, 2.45) is 0 Å². The molecule has 0 saturated heterocycles. The Labute approximate surface area is 122 Å². The van der Waals surface area contributed by atoms with Gasteiger partial charge in [0.05, 0.1) is 19.8 Å². The molecule has 0 atom stereocenters. The van der Waals surface area contributed by atoms with E-state index in [0.29, 0.717) is 25.7 Å². The molecule has 0 aromatic carbocycles. The third-order valence-corrected chi connectivity index (χ3v) is 4.86. The van der Waals surface area contributed by atoms with E-state index in [1.807, 2.05) is 26.8 Å². The van der Waals surface area contributed by atoms with E-state index in [1.165, 1.54) is 0 Å². The molecule has 3 nitrogen and oxygen atoms in total. The third-order valence-electron chi connectivity index (χ3n) is 2.63. The van der Waals surface area contributed by atoms with Crippen LogP contribution in [0.2, 0.25) is 0 Å². The van der Waals surface area contributed by atoms with Crippen molar-refractivity contribution in [2.45, 2.75) is 33.6 Å². The minimum Gasteiger partial charge on any atom is -0.546 e. The average molecular weight is 303 g/mol. The lowest BCUT2D eigenvalue weighted by molar-refractivity contribution is 0.314. The topological polar surface area (TPSA) is 27.7 Å². The summed E-state index contributed by atoms with van der Waals surface area (Å²) in [4.78, 5) is 0. The van der Waals surface area contributed by atoms with Crippen LogP contribution >= 0.6 is 11.6 Å². The molecule has 108 valence electrons. The van der Waals surface area contributed by atoms with Crippen LogP contribution in [0, 0.1) is 0 Å². The summed E-state index contributed by atoms with van der Waals surface area (Å²) in [5.74, 6) is 1.55. The second kappa shape index (κ2) is 9.21. The summed E-state index contributed by atoms with van der Waals surface area (Å²) < 4.78 is 17.4. The highest BCUT2D eigenvalue weighted by Crippen LogP contribution is 2.29. The molecule has 0 aliphatic heterocycles. The van der Waals surface area contributed by atoms with Crippen molar-refractivity contribution in [3.05, 3.63) is 17.3 Å². The molecule has 0 bridgehead atoms. The zero-order valence-corrected chi connectivity index (χ0v) is 13.8. The van der Waals surface area contributed by atoms with Crippen molar-refractivity contribution in [1.82, 2.24) is 0 Å². The monoisotopic (exact) mass is 302 g/mol. The van der Waals surface area contributed by atoms with Gasteiger partial charge in [0.2, 0.25) is 0 Å². The van der Waals surface area contributed by atoms with Gasteiger partial charge in [-0.3, -0.25) is 0 Å². The highest BCUT2D eigenvalue weighted by Gasteiger charge is 2.17. The maximum Gasteiger partial charge on any atom is 0.308 e. The van der Waals surface area contributed by atoms with E-state index in [1.54, 1.807) is 0 Å². The summed E-state index contributed by atoms with van der Waals surface area (Å²) in [5.41, 5.74) is 3.23. The summed E-state index contributed by atoms with van der Waals surface area (Å²) in [6.45, 7) is 7.99. The first-order chi connectivity index (χ1) is 9.28. The van der Waals surface area contributed by atoms with Gasteiger partial charge in [-0.1, -0.05) is 0 Å². The first-order valence-electron chi connectivity index (χ1n) is 6.88. The van der Waals surface area contributed by atoms with E-state index in [9.17, 15) is 0 Å². The van der Waals surface area contributed by atoms with E-state index >= 15 is 0 Å². The fourth-order valence-corrected chi connectivity index (χ4v) is 3.89. The molecule has 0 saturated carbocycles. The van der Waals surface area contributed by atoms with E-state index in [4.69, 9.17) is 25.5 Å². The predicted octanol–water partition coefficient (Wildman–Crippen LogP) is 3.13. The minimum absolute atomic E-state index is 0.642. The van der Waals surface area contributed by atoms with Crippen LogP contribution in [-0.2, 0) is 6.42 Å². The average Bonchev–Trinajstić information content (AvgIpc) is 2.41. The SMILES string of the molecule is CCOc1cc[si](OCC)c(OCC)c1CCCCl. The second-order valence-electron chi connectivity index (χ2n) is 3.96. The molecule has 19 heavy (non-hydrogen) atoms. The quantitative estimate of drug-likeness (QED) is 0.518. The molecule has 1 heterocycles. The first-order valence-corrected chi connectivity index (χ1v) is 8.90. The zero-order valence-electron chi connectivity index (χ0n) is 12.0. The predicted molar refractivity (Wildman–Crippen MR) is 80.9 cm³/mol. The summed E-state index contributed by atoms with van der Waals surface area (Å²) in [5, 5.41) is 0.977. The van der Waals surface area contributed by atoms with E-state index in [-0.39, 0.29) is 0 Å². The van der Waals surface area contributed by atoms with Crippen LogP contribution in [-0.4, -0.2) is 34.3 Å². The van der Waals surface area contributed by atoms with Gasteiger partial charge in [0.25, 0.3) is 0 Å². The molecule has 1 aromatic heterocycles. The Morgan fingerprint density at radius 1 is 1.11 bits per heavy atom. The molecular weight excluding hydrogens is 280 g/mol. The van der Waals surface area contributed by atoms with Gasteiger partial charge in [-0.2, -0.15) is 0 Å². The van der Waals surface area contributed by atoms with Gasteiger partial charge in [0.1, 0.15) is 11.1 Å². The number of rotatable bonds is 9. The molecule has 5 heteroatoms. The maximum absolute atomic E-state index is 5.84. The summed E-state index contributed by atoms with van der Waals surface area (Å²) >= 11 is 5.81. The summed E-state index contributed by atoms with van der Waals surface area (Å²) in [6.07, 6.45) is 1.79. The van der Waals surface area contributed by atoms with Crippen LogP contribution in [0.1, 0.15) is 32.8 Å². The summed E-state index contributed by atoms with van der Waals surface area (Å²) in [6, 6.07) is 2.03. The molecule has 0 amide bonds. The lowest BCUT2D eigenvalue weighted by Gasteiger charge is -2.18. The van der Waals surface area contributed by atoms with E-state index < -0.39 is 8.64 Å². The maximum atomic E-state index is 5.84.